The van der Waals surface area contributed by atoms with Gasteiger partial charge in [-0.25, -0.2) is 0 Å². The van der Waals surface area contributed by atoms with E-state index in [1.807, 2.05) is 96.3 Å². The summed E-state index contributed by atoms with van der Waals surface area (Å²) in [6, 6.07) is 27.6. The van der Waals surface area contributed by atoms with Crippen LogP contribution in [-0.4, -0.2) is 20.7 Å². The molecule has 1 saturated carbocycles. The van der Waals surface area contributed by atoms with E-state index in [1.165, 1.54) is 19.3 Å². The van der Waals surface area contributed by atoms with Crippen molar-refractivity contribution in [1.82, 2.24) is 0 Å². The van der Waals surface area contributed by atoms with E-state index in [4.69, 9.17) is 9.47 Å². The smallest absolute Gasteiger partial charge is 0.169 e. The number of phenols is 2. The van der Waals surface area contributed by atoms with Crippen LogP contribution in [0, 0.1) is 0 Å². The first-order valence-corrected chi connectivity index (χ1v) is 18.9. The lowest BCUT2D eigenvalue weighted by Gasteiger charge is -2.27. The highest BCUT2D eigenvalue weighted by atomic mass is 32.2. The number of rotatable bonds is 10. The maximum Gasteiger partial charge on any atom is 0.169 e. The first-order chi connectivity index (χ1) is 22.4. The summed E-state index contributed by atoms with van der Waals surface area (Å²) < 4.78 is 12.4. The second kappa shape index (κ2) is 15.3. The zero-order chi connectivity index (χ0) is 33.6. The van der Waals surface area contributed by atoms with Crippen LogP contribution in [0.25, 0.3) is 0 Å². The van der Waals surface area contributed by atoms with Crippen molar-refractivity contribution in [3.8, 4) is 34.5 Å². The summed E-state index contributed by atoms with van der Waals surface area (Å²) in [4.78, 5) is 0. The summed E-state index contributed by atoms with van der Waals surface area (Å²) in [5, 5.41) is 23.7. The van der Waals surface area contributed by atoms with E-state index in [-0.39, 0.29) is 22.3 Å². The predicted octanol–water partition coefficient (Wildman–Crippen LogP) is 12.1. The van der Waals surface area contributed by atoms with Gasteiger partial charge in [0.25, 0.3) is 0 Å². The Kier molecular flexibility index (Phi) is 11.5. The molecule has 0 amide bonds. The number of thioether (sulfide) groups is 2. The van der Waals surface area contributed by atoms with Crippen molar-refractivity contribution in [2.75, 3.05) is 0 Å². The number of aromatic hydroxyl groups is 2. The van der Waals surface area contributed by atoms with Crippen molar-refractivity contribution < 1.29 is 19.7 Å². The van der Waals surface area contributed by atoms with E-state index in [0.717, 1.165) is 35.1 Å². The van der Waals surface area contributed by atoms with Gasteiger partial charge in [0, 0.05) is 33.1 Å². The molecule has 0 spiro atoms. The Morgan fingerprint density at radius 3 is 1.32 bits per heavy atom. The van der Waals surface area contributed by atoms with Crippen LogP contribution in [0.2, 0.25) is 0 Å². The maximum absolute atomic E-state index is 11.4. The molecule has 2 atom stereocenters. The summed E-state index contributed by atoms with van der Waals surface area (Å²) in [5.74, 6) is 4.31. The quantitative estimate of drug-likeness (QED) is 0.164. The molecule has 250 valence electrons. The molecule has 4 aromatic carbocycles. The van der Waals surface area contributed by atoms with Gasteiger partial charge in [-0.15, -0.1) is 0 Å². The number of hydrogen-bond acceptors (Lipinski definition) is 6. The van der Waals surface area contributed by atoms with Crippen molar-refractivity contribution in [1.29, 1.82) is 0 Å². The van der Waals surface area contributed by atoms with Gasteiger partial charge in [0.15, 0.2) is 23.0 Å². The molecule has 0 radical (unpaired) electrons. The Labute approximate surface area is 290 Å². The first-order valence-electron chi connectivity index (χ1n) is 16.8. The van der Waals surface area contributed by atoms with Crippen LogP contribution in [0.15, 0.2) is 84.9 Å². The van der Waals surface area contributed by atoms with Gasteiger partial charge in [0.2, 0.25) is 0 Å². The minimum absolute atomic E-state index is 0.0880. The Morgan fingerprint density at radius 1 is 0.574 bits per heavy atom. The molecule has 1 aliphatic rings. The molecule has 0 saturated heterocycles. The van der Waals surface area contributed by atoms with Gasteiger partial charge in [-0.1, -0.05) is 109 Å². The fraction of sp³-hybridized carbons (Fsp3) is 0.415. The van der Waals surface area contributed by atoms with E-state index in [1.54, 1.807) is 0 Å². The monoisotopic (exact) mass is 670 g/mol. The van der Waals surface area contributed by atoms with Gasteiger partial charge >= 0.3 is 0 Å². The van der Waals surface area contributed by atoms with Crippen molar-refractivity contribution in [3.05, 3.63) is 107 Å². The standard InChI is InChI=1S/C41H50O4S2/c1-40(2,3)30-22-28(38(42)34(24-30)44-32-16-10-7-11-17-32)26-46-36-20-14-9-15-21-37(36)47-27-29-23-31(41(4,5)6)25-35(39(29)43)45-33-18-12-8-13-19-33/h7-8,10-13,16-19,22-25,36-37,42-43H,9,14-15,20-21,26-27H2,1-6H3/t36-,37+. The normalized spacial score (nSPS) is 17.2. The lowest BCUT2D eigenvalue weighted by Crippen LogP contribution is -2.19. The highest BCUT2D eigenvalue weighted by Gasteiger charge is 2.28. The molecule has 6 heteroatoms. The minimum Gasteiger partial charge on any atom is -0.504 e. The van der Waals surface area contributed by atoms with Crippen molar-refractivity contribution in [2.24, 2.45) is 0 Å². The second-order valence-electron chi connectivity index (χ2n) is 14.6. The molecule has 0 bridgehead atoms. The molecule has 2 N–H and O–H groups in total. The van der Waals surface area contributed by atoms with Gasteiger partial charge < -0.3 is 19.7 Å². The Bertz CT molecular complexity index is 1490. The van der Waals surface area contributed by atoms with Crippen molar-refractivity contribution in [2.45, 2.75) is 106 Å². The van der Waals surface area contributed by atoms with E-state index in [0.29, 0.717) is 45.0 Å². The molecule has 1 fully saturated rings. The van der Waals surface area contributed by atoms with Crippen molar-refractivity contribution in [3.63, 3.8) is 0 Å². The zero-order valence-corrected chi connectivity index (χ0v) is 30.3. The van der Waals surface area contributed by atoms with E-state index in [2.05, 4.69) is 53.7 Å². The average molecular weight is 671 g/mol. The molecular weight excluding hydrogens is 621 g/mol. The van der Waals surface area contributed by atoms with Crippen LogP contribution < -0.4 is 9.47 Å². The van der Waals surface area contributed by atoms with Gasteiger partial charge in [0.1, 0.15) is 11.5 Å². The summed E-state index contributed by atoms with van der Waals surface area (Å²) in [7, 11) is 0. The van der Waals surface area contributed by atoms with Gasteiger partial charge in [0.05, 0.1) is 0 Å². The van der Waals surface area contributed by atoms with Crippen molar-refractivity contribution >= 4 is 23.5 Å². The third-order valence-corrected chi connectivity index (χ3v) is 11.9. The first kappa shape index (κ1) is 35.1. The molecule has 0 unspecified atom stereocenters. The number of hydrogen-bond donors (Lipinski definition) is 2. The van der Waals surface area contributed by atoms with E-state index in [9.17, 15) is 10.2 Å². The van der Waals surface area contributed by atoms with E-state index < -0.39 is 0 Å². The highest BCUT2D eigenvalue weighted by molar-refractivity contribution is 8.03. The molecule has 1 aliphatic carbocycles. The van der Waals surface area contributed by atoms with Crippen LogP contribution >= 0.6 is 23.5 Å². The van der Waals surface area contributed by atoms with Crippen LogP contribution in [0.3, 0.4) is 0 Å². The van der Waals surface area contributed by atoms with Crippen LogP contribution in [-0.2, 0) is 22.3 Å². The van der Waals surface area contributed by atoms with Gasteiger partial charge in [-0.2, -0.15) is 23.5 Å². The largest absolute Gasteiger partial charge is 0.504 e. The summed E-state index contributed by atoms with van der Waals surface area (Å²) >= 11 is 3.90. The molecule has 0 heterocycles. The lowest BCUT2D eigenvalue weighted by molar-refractivity contribution is 0.406. The molecular formula is C41H50O4S2. The molecule has 5 rings (SSSR count). The Balaban J connectivity index is 1.35. The molecule has 4 nitrogen and oxygen atoms in total. The third kappa shape index (κ3) is 9.45. The van der Waals surface area contributed by atoms with Crippen LogP contribution in [0.4, 0.5) is 0 Å². The number of ether oxygens (including phenoxy) is 2. The lowest BCUT2D eigenvalue weighted by atomic mass is 9.86. The summed E-state index contributed by atoms with van der Waals surface area (Å²) in [6.45, 7) is 13.2. The highest BCUT2D eigenvalue weighted by Crippen LogP contribution is 2.45. The SMILES string of the molecule is CC(C)(C)c1cc(CS[C@H]2CCCCC[C@H]2SCc2cc(C(C)(C)C)cc(Oc3ccccc3)c2O)c(O)c(Oc2ccccc2)c1. The number of phenolic OH excluding ortho intramolecular Hbond substituents is 2. The molecule has 0 aromatic heterocycles. The third-order valence-electron chi connectivity index (χ3n) is 8.78. The molecule has 47 heavy (non-hydrogen) atoms. The van der Waals surface area contributed by atoms with Crippen LogP contribution in [0.5, 0.6) is 34.5 Å². The average Bonchev–Trinajstić information content (AvgIpc) is 3.26. The van der Waals surface area contributed by atoms with Gasteiger partial charge in [-0.05, 0) is 71.2 Å². The van der Waals surface area contributed by atoms with E-state index >= 15 is 0 Å². The molecule has 4 aromatic rings. The van der Waals surface area contributed by atoms with Crippen LogP contribution in [0.1, 0.15) is 95.9 Å². The maximum atomic E-state index is 11.4. The second-order valence-corrected chi connectivity index (χ2v) is 17.1. The fourth-order valence-electron chi connectivity index (χ4n) is 5.82. The summed E-state index contributed by atoms with van der Waals surface area (Å²) in [6.07, 6.45) is 5.96. The predicted molar refractivity (Wildman–Crippen MR) is 200 cm³/mol. The fourth-order valence-corrected chi connectivity index (χ4v) is 8.89. The zero-order valence-electron chi connectivity index (χ0n) is 28.7. The minimum atomic E-state index is -0.0880. The number of benzene rings is 4. The summed E-state index contributed by atoms with van der Waals surface area (Å²) in [5.41, 5.74) is 3.95. The number of para-hydroxylation sites is 2. The Hall–Kier alpha value is -3.22. The molecule has 0 aliphatic heterocycles. The van der Waals surface area contributed by atoms with Gasteiger partial charge in [-0.3, -0.25) is 0 Å². The topological polar surface area (TPSA) is 58.9 Å². The Morgan fingerprint density at radius 2 is 0.957 bits per heavy atom.